The summed E-state index contributed by atoms with van der Waals surface area (Å²) >= 11 is 0. The summed E-state index contributed by atoms with van der Waals surface area (Å²) < 4.78 is 4.92. The molecule has 2 unspecified atom stereocenters. The minimum absolute atomic E-state index is 0.0408. The number of amides is 2. The maximum Gasteiger partial charge on any atom is 0.315 e. The van der Waals surface area contributed by atoms with Crippen molar-refractivity contribution >= 4 is 12.0 Å². The fourth-order valence-electron chi connectivity index (χ4n) is 1.96. The van der Waals surface area contributed by atoms with Gasteiger partial charge in [0.15, 0.2) is 0 Å². The van der Waals surface area contributed by atoms with Crippen LogP contribution >= 0.6 is 0 Å². The second-order valence-electron chi connectivity index (χ2n) is 5.30. The van der Waals surface area contributed by atoms with Crippen LogP contribution in [-0.2, 0) is 9.53 Å². The summed E-state index contributed by atoms with van der Waals surface area (Å²) in [7, 11) is 1.57. The van der Waals surface area contributed by atoms with Gasteiger partial charge in [-0.3, -0.25) is 4.79 Å². The van der Waals surface area contributed by atoms with E-state index in [4.69, 9.17) is 9.84 Å². The molecule has 3 N–H and O–H groups in total. The second-order valence-corrected chi connectivity index (χ2v) is 5.30. The highest BCUT2D eigenvalue weighted by Crippen LogP contribution is 2.14. The van der Waals surface area contributed by atoms with Crippen molar-refractivity contribution in [1.29, 1.82) is 0 Å². The van der Waals surface area contributed by atoms with Crippen LogP contribution in [0.3, 0.4) is 0 Å². The zero-order valence-electron chi connectivity index (χ0n) is 12.2. The molecule has 0 fully saturated rings. The first-order valence-corrected chi connectivity index (χ1v) is 6.60. The third kappa shape index (κ3) is 10.3. The molecule has 6 nitrogen and oxygen atoms in total. The van der Waals surface area contributed by atoms with E-state index in [1.54, 1.807) is 7.11 Å². The van der Waals surface area contributed by atoms with Gasteiger partial charge >= 0.3 is 12.0 Å². The van der Waals surface area contributed by atoms with Gasteiger partial charge in [-0.15, -0.1) is 0 Å². The first-order chi connectivity index (χ1) is 8.85. The number of carbonyl (C=O) groups excluding carboxylic acids is 1. The lowest BCUT2D eigenvalue weighted by atomic mass is 9.94. The summed E-state index contributed by atoms with van der Waals surface area (Å²) in [5.74, 6) is -0.469. The SMILES string of the molecule is COCC(C)NC(=O)NCC(CC(=O)O)CC(C)C. The molecule has 0 spiro atoms. The van der Waals surface area contributed by atoms with Crippen molar-refractivity contribution in [3.8, 4) is 0 Å². The fraction of sp³-hybridized carbons (Fsp3) is 0.846. The van der Waals surface area contributed by atoms with Gasteiger partial charge in [0.1, 0.15) is 0 Å². The molecule has 0 bridgehead atoms. The molecule has 112 valence electrons. The van der Waals surface area contributed by atoms with Gasteiger partial charge < -0.3 is 20.5 Å². The van der Waals surface area contributed by atoms with E-state index in [1.165, 1.54) is 0 Å². The van der Waals surface area contributed by atoms with E-state index in [2.05, 4.69) is 10.6 Å². The van der Waals surface area contributed by atoms with Gasteiger partial charge in [0.2, 0.25) is 0 Å². The molecule has 19 heavy (non-hydrogen) atoms. The third-order valence-corrected chi connectivity index (χ3v) is 2.61. The molecule has 0 aliphatic rings. The summed E-state index contributed by atoms with van der Waals surface area (Å²) in [6.45, 7) is 6.73. The van der Waals surface area contributed by atoms with E-state index in [9.17, 15) is 9.59 Å². The van der Waals surface area contributed by atoms with E-state index in [0.717, 1.165) is 6.42 Å². The number of carboxylic acids is 1. The fourth-order valence-corrected chi connectivity index (χ4v) is 1.96. The second kappa shape index (κ2) is 9.61. The number of methoxy groups -OCH3 is 1. The zero-order valence-corrected chi connectivity index (χ0v) is 12.2. The number of hydrogen-bond acceptors (Lipinski definition) is 3. The van der Waals surface area contributed by atoms with Crippen LogP contribution in [-0.4, -0.2) is 43.4 Å². The van der Waals surface area contributed by atoms with Crippen molar-refractivity contribution in [1.82, 2.24) is 10.6 Å². The molecular formula is C13H26N2O4. The Morgan fingerprint density at radius 1 is 1.26 bits per heavy atom. The zero-order chi connectivity index (χ0) is 14.8. The van der Waals surface area contributed by atoms with Gasteiger partial charge in [-0.05, 0) is 25.2 Å². The molecule has 0 aromatic rings. The Hall–Kier alpha value is -1.30. The smallest absolute Gasteiger partial charge is 0.315 e. The Labute approximate surface area is 114 Å². The van der Waals surface area contributed by atoms with Crippen LogP contribution in [0.1, 0.15) is 33.6 Å². The third-order valence-electron chi connectivity index (χ3n) is 2.61. The molecule has 0 aromatic carbocycles. The Kier molecular flexibility index (Phi) is 8.95. The van der Waals surface area contributed by atoms with Crippen LogP contribution < -0.4 is 10.6 Å². The maximum atomic E-state index is 11.6. The topological polar surface area (TPSA) is 87.7 Å². The summed E-state index contributed by atoms with van der Waals surface area (Å²) in [4.78, 5) is 22.3. The number of carboxylic acid groups (broad SMARTS) is 1. The number of ether oxygens (including phenoxy) is 1. The lowest BCUT2D eigenvalue weighted by Crippen LogP contribution is -2.44. The van der Waals surface area contributed by atoms with E-state index in [1.807, 2.05) is 20.8 Å². The molecule has 0 aliphatic carbocycles. The summed E-state index contributed by atoms with van der Waals surface area (Å²) in [5.41, 5.74) is 0. The van der Waals surface area contributed by atoms with E-state index < -0.39 is 5.97 Å². The Bertz CT molecular complexity index is 282. The van der Waals surface area contributed by atoms with Crippen LogP contribution in [0, 0.1) is 11.8 Å². The minimum atomic E-state index is -0.833. The van der Waals surface area contributed by atoms with Crippen molar-refractivity contribution in [2.75, 3.05) is 20.3 Å². The standard InChI is InChI=1S/C13H26N2O4/c1-9(2)5-11(6-12(16)17)7-14-13(18)15-10(3)8-19-4/h9-11H,5-8H2,1-4H3,(H,16,17)(H2,14,15,18). The summed E-state index contributed by atoms with van der Waals surface area (Å²) in [6, 6.07) is -0.364. The summed E-state index contributed by atoms with van der Waals surface area (Å²) in [5, 5.41) is 14.3. The number of rotatable bonds is 9. The average molecular weight is 274 g/mol. The van der Waals surface area contributed by atoms with Crippen molar-refractivity contribution < 1.29 is 19.4 Å². The quantitative estimate of drug-likeness (QED) is 0.594. The predicted octanol–water partition coefficient (Wildman–Crippen LogP) is 1.46. The number of urea groups is 1. The molecule has 0 heterocycles. The number of carbonyl (C=O) groups is 2. The van der Waals surface area contributed by atoms with Crippen molar-refractivity contribution in [2.24, 2.45) is 11.8 Å². The van der Waals surface area contributed by atoms with Crippen LogP contribution in [0.25, 0.3) is 0 Å². The lowest BCUT2D eigenvalue weighted by molar-refractivity contribution is -0.138. The molecule has 0 aliphatic heterocycles. The van der Waals surface area contributed by atoms with E-state index >= 15 is 0 Å². The van der Waals surface area contributed by atoms with Gasteiger partial charge in [-0.1, -0.05) is 13.8 Å². The lowest BCUT2D eigenvalue weighted by Gasteiger charge is -2.19. The highest BCUT2D eigenvalue weighted by atomic mass is 16.5. The van der Waals surface area contributed by atoms with Crippen molar-refractivity contribution in [3.05, 3.63) is 0 Å². The normalized spacial score (nSPS) is 13.9. The molecule has 2 atom stereocenters. The summed E-state index contributed by atoms with van der Waals surface area (Å²) in [6.07, 6.45) is 0.853. The Morgan fingerprint density at radius 2 is 1.89 bits per heavy atom. The van der Waals surface area contributed by atoms with Gasteiger partial charge in [-0.25, -0.2) is 4.79 Å². The predicted molar refractivity (Wildman–Crippen MR) is 73.1 cm³/mol. The van der Waals surface area contributed by atoms with Crippen LogP contribution in [0.4, 0.5) is 4.79 Å². The Balaban J connectivity index is 4.08. The van der Waals surface area contributed by atoms with Crippen molar-refractivity contribution in [2.45, 2.75) is 39.7 Å². The molecule has 0 radical (unpaired) electrons. The van der Waals surface area contributed by atoms with Gasteiger partial charge in [0.25, 0.3) is 0 Å². The highest BCUT2D eigenvalue weighted by molar-refractivity contribution is 5.74. The van der Waals surface area contributed by atoms with Crippen molar-refractivity contribution in [3.63, 3.8) is 0 Å². The number of aliphatic carboxylic acids is 1. The number of hydrogen-bond donors (Lipinski definition) is 3. The molecule has 2 amide bonds. The van der Waals surface area contributed by atoms with Crippen LogP contribution in [0.2, 0.25) is 0 Å². The number of nitrogens with one attached hydrogen (secondary N) is 2. The highest BCUT2D eigenvalue weighted by Gasteiger charge is 2.16. The van der Waals surface area contributed by atoms with Gasteiger partial charge in [0, 0.05) is 20.1 Å². The molecule has 0 aromatic heterocycles. The molecule has 0 saturated carbocycles. The molecular weight excluding hydrogens is 248 g/mol. The molecule has 0 rings (SSSR count). The van der Waals surface area contributed by atoms with Crippen LogP contribution in [0.5, 0.6) is 0 Å². The monoisotopic (exact) mass is 274 g/mol. The van der Waals surface area contributed by atoms with E-state index in [-0.39, 0.29) is 24.4 Å². The maximum absolute atomic E-state index is 11.6. The van der Waals surface area contributed by atoms with Gasteiger partial charge in [-0.2, -0.15) is 0 Å². The molecule has 6 heteroatoms. The largest absolute Gasteiger partial charge is 0.481 e. The minimum Gasteiger partial charge on any atom is -0.481 e. The van der Waals surface area contributed by atoms with Gasteiger partial charge in [0.05, 0.1) is 12.6 Å². The first-order valence-electron chi connectivity index (χ1n) is 6.60. The van der Waals surface area contributed by atoms with E-state index in [0.29, 0.717) is 19.1 Å². The van der Waals surface area contributed by atoms with Crippen LogP contribution in [0.15, 0.2) is 0 Å². The molecule has 0 saturated heterocycles. The first kappa shape index (κ1) is 17.7. The Morgan fingerprint density at radius 3 is 2.37 bits per heavy atom. The average Bonchev–Trinajstić information content (AvgIpc) is 2.24.